The van der Waals surface area contributed by atoms with Gasteiger partial charge in [0.1, 0.15) is 23.8 Å². The number of benzene rings is 1. The minimum Gasteiger partial charge on any atom is -0.324 e. The third-order valence-corrected chi connectivity index (χ3v) is 5.52. The van der Waals surface area contributed by atoms with Crippen molar-refractivity contribution in [3.63, 3.8) is 0 Å². The molecule has 0 radical (unpaired) electrons. The molecule has 1 aliphatic rings. The Balaban J connectivity index is 1.75. The van der Waals surface area contributed by atoms with Crippen LogP contribution in [0.5, 0.6) is 0 Å². The summed E-state index contributed by atoms with van der Waals surface area (Å²) in [4.78, 5) is 40.1. The highest BCUT2D eigenvalue weighted by molar-refractivity contribution is 6.33. The van der Waals surface area contributed by atoms with Crippen molar-refractivity contribution in [3.05, 3.63) is 64.2 Å². The number of anilines is 2. The molecule has 3 heterocycles. The Labute approximate surface area is 187 Å². The molecule has 2 aromatic heterocycles. The number of nitrogens with zero attached hydrogens (tertiary/aromatic N) is 4. The molecule has 0 fully saturated rings. The third kappa shape index (κ3) is 3.96. The van der Waals surface area contributed by atoms with Crippen LogP contribution in [-0.2, 0) is 9.59 Å². The number of aryl methyl sites for hydroxylation is 1. The lowest BCUT2D eigenvalue weighted by Crippen LogP contribution is -2.40. The topological polar surface area (TPSA) is 88.1 Å². The van der Waals surface area contributed by atoms with Crippen molar-refractivity contribution in [3.8, 4) is 11.1 Å². The van der Waals surface area contributed by atoms with Crippen LogP contribution in [-0.4, -0.2) is 33.3 Å². The van der Waals surface area contributed by atoms with E-state index >= 15 is 0 Å². The first-order valence-corrected chi connectivity index (χ1v) is 10.1. The highest BCUT2D eigenvalue weighted by Crippen LogP contribution is 2.43. The Morgan fingerprint density at radius 2 is 2.06 bits per heavy atom. The molecule has 31 heavy (non-hydrogen) atoms. The normalized spacial score (nSPS) is 15.2. The van der Waals surface area contributed by atoms with E-state index in [-0.39, 0.29) is 28.3 Å². The van der Waals surface area contributed by atoms with Gasteiger partial charge in [0, 0.05) is 28.7 Å². The molecule has 0 bridgehead atoms. The van der Waals surface area contributed by atoms with E-state index in [4.69, 9.17) is 23.2 Å². The summed E-state index contributed by atoms with van der Waals surface area (Å²) in [7, 11) is 0. The van der Waals surface area contributed by atoms with Crippen molar-refractivity contribution in [2.45, 2.75) is 19.8 Å². The maximum Gasteiger partial charge on any atom is 0.244 e. The number of carbonyl (C=O) groups excluding carboxylic acids is 2. The summed E-state index contributed by atoms with van der Waals surface area (Å²) >= 11 is 12.1. The van der Waals surface area contributed by atoms with Gasteiger partial charge >= 0.3 is 0 Å². The summed E-state index contributed by atoms with van der Waals surface area (Å²) in [5, 5.41) is 2.71. The predicted molar refractivity (Wildman–Crippen MR) is 116 cm³/mol. The molecule has 0 saturated carbocycles. The number of pyridine rings is 1. The molecule has 0 saturated heterocycles. The maximum absolute atomic E-state index is 13.7. The van der Waals surface area contributed by atoms with Crippen LogP contribution in [0.25, 0.3) is 11.1 Å². The first kappa shape index (κ1) is 21.1. The average Bonchev–Trinajstić information content (AvgIpc) is 2.80. The second kappa shape index (κ2) is 8.20. The summed E-state index contributed by atoms with van der Waals surface area (Å²) in [5.41, 5.74) is 2.79. The van der Waals surface area contributed by atoms with Crippen molar-refractivity contribution in [2.75, 3.05) is 16.8 Å². The molecule has 158 valence electrons. The third-order valence-electron chi connectivity index (χ3n) is 4.94. The minimum absolute atomic E-state index is 0.0556. The van der Waals surface area contributed by atoms with Crippen LogP contribution < -0.4 is 10.2 Å². The van der Waals surface area contributed by atoms with E-state index in [1.165, 1.54) is 23.4 Å². The van der Waals surface area contributed by atoms with Crippen LogP contribution in [0.4, 0.5) is 15.8 Å². The standard InChI is InChI=1S/C21H16Cl2FN5O2/c1-10-5-16-18(20(23)27-10)13-7-25-9-26-19(13)11(2)21(31)29(16)8-17(30)28-12-3-4-14(22)15(24)6-12/h3-7,9,11H,8H2,1-2H3,(H,28,30)/t11-/m1/s1. The molecule has 0 aliphatic carbocycles. The van der Waals surface area contributed by atoms with E-state index in [0.29, 0.717) is 28.2 Å². The zero-order valence-corrected chi connectivity index (χ0v) is 18.0. The van der Waals surface area contributed by atoms with Crippen molar-refractivity contribution < 1.29 is 14.0 Å². The zero-order chi connectivity index (χ0) is 22.3. The number of rotatable bonds is 3. The monoisotopic (exact) mass is 459 g/mol. The maximum atomic E-state index is 13.7. The molecule has 1 atom stereocenters. The number of hydrogen-bond acceptors (Lipinski definition) is 5. The Morgan fingerprint density at radius 3 is 2.81 bits per heavy atom. The molecule has 4 rings (SSSR count). The molecule has 1 aliphatic heterocycles. The smallest absolute Gasteiger partial charge is 0.244 e. The SMILES string of the molecule is Cc1cc2c(c(Cl)n1)-c1cncnc1[C@@H](C)C(=O)N2CC(=O)Nc1ccc(Cl)c(F)c1. The molecule has 1 aromatic carbocycles. The molecule has 1 N–H and O–H groups in total. The van der Waals surface area contributed by atoms with E-state index in [2.05, 4.69) is 20.3 Å². The lowest BCUT2D eigenvalue weighted by atomic mass is 10.00. The summed E-state index contributed by atoms with van der Waals surface area (Å²) in [6.45, 7) is 3.12. The highest BCUT2D eigenvalue weighted by Gasteiger charge is 2.35. The summed E-state index contributed by atoms with van der Waals surface area (Å²) in [6.07, 6.45) is 2.93. The number of carbonyl (C=O) groups is 2. The lowest BCUT2D eigenvalue weighted by Gasteiger charge is -2.24. The zero-order valence-electron chi connectivity index (χ0n) is 16.5. The van der Waals surface area contributed by atoms with Crippen molar-refractivity contribution in [1.82, 2.24) is 15.0 Å². The first-order chi connectivity index (χ1) is 14.8. The van der Waals surface area contributed by atoms with Crippen molar-refractivity contribution in [1.29, 1.82) is 0 Å². The van der Waals surface area contributed by atoms with Gasteiger partial charge in [-0.2, -0.15) is 0 Å². The second-order valence-electron chi connectivity index (χ2n) is 7.09. The van der Waals surface area contributed by atoms with Gasteiger partial charge in [-0.25, -0.2) is 19.3 Å². The Bertz CT molecular complexity index is 1220. The number of amides is 2. The largest absolute Gasteiger partial charge is 0.324 e. The molecule has 0 unspecified atom stereocenters. The fourth-order valence-corrected chi connectivity index (χ4v) is 3.96. The number of halogens is 3. The number of hydrogen-bond donors (Lipinski definition) is 1. The van der Waals surface area contributed by atoms with Gasteiger partial charge in [0.25, 0.3) is 0 Å². The molecule has 10 heteroatoms. The molecule has 7 nitrogen and oxygen atoms in total. The highest BCUT2D eigenvalue weighted by atomic mass is 35.5. The van der Waals surface area contributed by atoms with Crippen LogP contribution in [0.1, 0.15) is 24.2 Å². The lowest BCUT2D eigenvalue weighted by molar-refractivity contribution is -0.122. The molecular formula is C21H16Cl2FN5O2. The van der Waals surface area contributed by atoms with Crippen LogP contribution in [0.2, 0.25) is 10.2 Å². The van der Waals surface area contributed by atoms with Gasteiger partial charge in [0.15, 0.2) is 0 Å². The summed E-state index contributed by atoms with van der Waals surface area (Å²) in [6, 6.07) is 5.60. The fourth-order valence-electron chi connectivity index (χ4n) is 3.51. The van der Waals surface area contributed by atoms with Gasteiger partial charge in [0.2, 0.25) is 11.8 Å². The predicted octanol–water partition coefficient (Wildman–Crippen LogP) is 4.38. The van der Waals surface area contributed by atoms with E-state index in [0.717, 1.165) is 6.07 Å². The van der Waals surface area contributed by atoms with Crippen molar-refractivity contribution >= 4 is 46.4 Å². The van der Waals surface area contributed by atoms with Crippen LogP contribution in [0.15, 0.2) is 36.8 Å². The molecule has 0 spiro atoms. The number of fused-ring (bicyclic) bond motifs is 3. The minimum atomic E-state index is -0.660. The van der Waals surface area contributed by atoms with Gasteiger partial charge in [0.05, 0.1) is 22.3 Å². The number of aromatic nitrogens is 3. The quantitative estimate of drug-likeness (QED) is 0.587. The van der Waals surface area contributed by atoms with Crippen molar-refractivity contribution in [2.24, 2.45) is 0 Å². The summed E-state index contributed by atoms with van der Waals surface area (Å²) in [5.74, 6) is -2.16. The van der Waals surface area contributed by atoms with Gasteiger partial charge in [-0.1, -0.05) is 23.2 Å². The fraction of sp³-hybridized carbons (Fsp3) is 0.190. The molecule has 3 aromatic rings. The van der Waals surface area contributed by atoms with Crippen LogP contribution in [0.3, 0.4) is 0 Å². The van der Waals surface area contributed by atoms with E-state index < -0.39 is 17.6 Å². The molecule has 2 amide bonds. The van der Waals surface area contributed by atoms with Crippen LogP contribution >= 0.6 is 23.2 Å². The Kier molecular flexibility index (Phi) is 5.60. The Morgan fingerprint density at radius 1 is 1.29 bits per heavy atom. The van der Waals surface area contributed by atoms with Gasteiger partial charge in [-0.05, 0) is 38.1 Å². The second-order valence-corrected chi connectivity index (χ2v) is 7.86. The van der Waals surface area contributed by atoms with Gasteiger partial charge in [-0.15, -0.1) is 0 Å². The summed E-state index contributed by atoms with van der Waals surface area (Å²) < 4.78 is 13.7. The first-order valence-electron chi connectivity index (χ1n) is 9.30. The van der Waals surface area contributed by atoms with Gasteiger partial charge in [-0.3, -0.25) is 9.59 Å². The number of nitrogens with one attached hydrogen (secondary N) is 1. The van der Waals surface area contributed by atoms with Crippen LogP contribution in [0, 0.1) is 12.7 Å². The Hall–Kier alpha value is -3.10. The molecular weight excluding hydrogens is 444 g/mol. The van der Waals surface area contributed by atoms with E-state index in [1.807, 2.05) is 0 Å². The van der Waals surface area contributed by atoms with Gasteiger partial charge < -0.3 is 10.2 Å². The van der Waals surface area contributed by atoms with E-state index in [9.17, 15) is 14.0 Å². The van der Waals surface area contributed by atoms with E-state index in [1.54, 1.807) is 26.1 Å². The average molecular weight is 460 g/mol.